The summed E-state index contributed by atoms with van der Waals surface area (Å²) in [6.07, 6.45) is 1.61. The van der Waals surface area contributed by atoms with Crippen LogP contribution < -0.4 is 5.32 Å². The smallest absolute Gasteiger partial charge is 0.234 e. The molecule has 2 heterocycles. The molecule has 0 unspecified atom stereocenters. The molecule has 2 rings (SSSR count). The monoisotopic (exact) mass is 361 g/mol. The summed E-state index contributed by atoms with van der Waals surface area (Å²) in [5.41, 5.74) is -0.0268. The Hall–Kier alpha value is -2.27. The number of nitrogens with zero attached hydrogens (tertiary/aromatic N) is 4. The van der Waals surface area contributed by atoms with E-state index in [2.05, 4.69) is 21.6 Å². The maximum atomic E-state index is 12.5. The minimum absolute atomic E-state index is 0.00384. The van der Waals surface area contributed by atoms with Crippen LogP contribution >= 0.6 is 11.8 Å². The van der Waals surface area contributed by atoms with Crippen LogP contribution in [0.2, 0.25) is 0 Å². The number of hydrogen-bond donors (Lipinski definition) is 1. The van der Waals surface area contributed by atoms with Crippen LogP contribution in [0.25, 0.3) is 11.4 Å². The Balaban J connectivity index is 2.13. The molecule has 0 spiro atoms. The number of rotatable bonds is 6. The zero-order valence-corrected chi connectivity index (χ0v) is 16.1. The lowest BCUT2D eigenvalue weighted by atomic mass is 9.90. The van der Waals surface area contributed by atoms with Crippen molar-refractivity contribution in [1.82, 2.24) is 20.1 Å². The molecule has 0 aliphatic rings. The van der Waals surface area contributed by atoms with Gasteiger partial charge in [0.05, 0.1) is 23.1 Å². The Morgan fingerprint density at radius 2 is 2.12 bits per heavy atom. The largest absolute Gasteiger partial charge is 0.469 e. The number of thioether (sulfide) groups is 1. The lowest BCUT2D eigenvalue weighted by Crippen LogP contribution is -2.51. The van der Waals surface area contributed by atoms with Gasteiger partial charge in [-0.1, -0.05) is 25.6 Å². The SMILES string of the molecule is Cc1occc1-c1nnc(S[C@H](C)C(=O)N[C@@](C)(C#N)C(C)C)n1C. The Bertz CT molecular complexity index is 804. The number of carbonyl (C=O) groups excluding carboxylic acids is 1. The first-order chi connectivity index (χ1) is 11.7. The number of carbonyl (C=O) groups is 1. The first-order valence-electron chi connectivity index (χ1n) is 8.03. The summed E-state index contributed by atoms with van der Waals surface area (Å²) >= 11 is 1.30. The number of furan rings is 1. The molecule has 0 aliphatic carbocycles. The molecule has 2 atom stereocenters. The third kappa shape index (κ3) is 3.87. The van der Waals surface area contributed by atoms with Crippen molar-refractivity contribution in [2.24, 2.45) is 13.0 Å². The molecule has 0 aliphatic heterocycles. The van der Waals surface area contributed by atoms with E-state index in [1.54, 1.807) is 20.1 Å². The Labute approximate surface area is 151 Å². The molecule has 1 N–H and O–H groups in total. The van der Waals surface area contributed by atoms with Crippen molar-refractivity contribution >= 4 is 17.7 Å². The predicted octanol–water partition coefficient (Wildman–Crippen LogP) is 2.92. The molecule has 0 fully saturated rings. The third-order valence-electron chi connectivity index (χ3n) is 4.36. The van der Waals surface area contributed by atoms with Crippen molar-refractivity contribution in [3.05, 3.63) is 18.1 Å². The zero-order chi connectivity index (χ0) is 18.8. The van der Waals surface area contributed by atoms with E-state index < -0.39 is 10.8 Å². The Morgan fingerprint density at radius 3 is 2.64 bits per heavy atom. The Kier molecular flexibility index (Phi) is 5.58. The van der Waals surface area contributed by atoms with Crippen molar-refractivity contribution in [2.45, 2.75) is 50.6 Å². The first kappa shape index (κ1) is 19.1. The van der Waals surface area contributed by atoms with E-state index in [0.29, 0.717) is 11.0 Å². The maximum absolute atomic E-state index is 12.5. The predicted molar refractivity (Wildman–Crippen MR) is 95.8 cm³/mol. The molecule has 0 radical (unpaired) electrons. The van der Waals surface area contributed by atoms with Gasteiger partial charge in [-0.15, -0.1) is 10.2 Å². The van der Waals surface area contributed by atoms with Gasteiger partial charge < -0.3 is 14.3 Å². The molecule has 134 valence electrons. The van der Waals surface area contributed by atoms with Gasteiger partial charge >= 0.3 is 0 Å². The van der Waals surface area contributed by atoms with Gasteiger partial charge in [0.2, 0.25) is 5.91 Å². The summed E-state index contributed by atoms with van der Waals surface area (Å²) in [7, 11) is 1.85. The highest BCUT2D eigenvalue weighted by atomic mass is 32.2. The van der Waals surface area contributed by atoms with Crippen molar-refractivity contribution in [3.8, 4) is 17.5 Å². The van der Waals surface area contributed by atoms with Crippen LogP contribution in [0.15, 0.2) is 21.9 Å². The van der Waals surface area contributed by atoms with Crippen molar-refractivity contribution in [2.75, 3.05) is 0 Å². The van der Waals surface area contributed by atoms with E-state index in [1.807, 2.05) is 38.5 Å². The van der Waals surface area contributed by atoms with E-state index in [1.165, 1.54) is 11.8 Å². The van der Waals surface area contributed by atoms with E-state index in [-0.39, 0.29) is 11.8 Å². The summed E-state index contributed by atoms with van der Waals surface area (Å²) in [6, 6.07) is 4.02. The average molecular weight is 361 g/mol. The van der Waals surface area contributed by atoms with Gasteiger partial charge in [-0.3, -0.25) is 4.79 Å². The van der Waals surface area contributed by atoms with E-state index in [9.17, 15) is 10.1 Å². The van der Waals surface area contributed by atoms with Crippen LogP contribution in [0.1, 0.15) is 33.5 Å². The first-order valence-corrected chi connectivity index (χ1v) is 8.91. The van der Waals surface area contributed by atoms with Gasteiger partial charge in [0.15, 0.2) is 11.0 Å². The number of aryl methyl sites for hydroxylation is 1. The second-order valence-electron chi connectivity index (χ2n) is 6.47. The topological polar surface area (TPSA) is 96.7 Å². The fourth-order valence-corrected chi connectivity index (χ4v) is 2.95. The van der Waals surface area contributed by atoms with Gasteiger partial charge in [-0.25, -0.2) is 0 Å². The summed E-state index contributed by atoms with van der Waals surface area (Å²) in [5.74, 6) is 1.25. The number of hydrogen-bond acceptors (Lipinski definition) is 6. The molecular formula is C17H23N5O2S. The van der Waals surface area contributed by atoms with E-state index in [4.69, 9.17) is 4.42 Å². The van der Waals surface area contributed by atoms with Gasteiger partial charge in [0, 0.05) is 7.05 Å². The highest BCUT2D eigenvalue weighted by Gasteiger charge is 2.32. The van der Waals surface area contributed by atoms with Gasteiger partial charge in [0.25, 0.3) is 0 Å². The molecule has 2 aromatic rings. The number of aromatic nitrogens is 3. The van der Waals surface area contributed by atoms with Gasteiger partial charge in [0.1, 0.15) is 11.3 Å². The highest BCUT2D eigenvalue weighted by Crippen LogP contribution is 2.28. The van der Waals surface area contributed by atoms with Crippen LogP contribution in [-0.4, -0.2) is 31.5 Å². The molecule has 1 amide bonds. The summed E-state index contributed by atoms with van der Waals surface area (Å²) in [4.78, 5) is 12.5. The fraction of sp³-hybridized carbons (Fsp3) is 0.529. The highest BCUT2D eigenvalue weighted by molar-refractivity contribution is 8.00. The fourth-order valence-electron chi connectivity index (χ4n) is 2.14. The third-order valence-corrected chi connectivity index (χ3v) is 5.49. The summed E-state index contributed by atoms with van der Waals surface area (Å²) in [5, 5.41) is 20.8. The summed E-state index contributed by atoms with van der Waals surface area (Å²) < 4.78 is 7.14. The van der Waals surface area contributed by atoms with Gasteiger partial charge in [-0.2, -0.15) is 5.26 Å². The summed E-state index contributed by atoms with van der Waals surface area (Å²) in [6.45, 7) is 9.19. The molecular weight excluding hydrogens is 338 g/mol. The molecule has 8 heteroatoms. The van der Waals surface area contributed by atoms with Crippen LogP contribution in [0, 0.1) is 24.2 Å². The normalized spacial score (nSPS) is 14.8. The second-order valence-corrected chi connectivity index (χ2v) is 7.78. The lowest BCUT2D eigenvalue weighted by Gasteiger charge is -2.28. The molecule has 7 nitrogen and oxygen atoms in total. The van der Waals surface area contributed by atoms with Crippen molar-refractivity contribution < 1.29 is 9.21 Å². The quantitative estimate of drug-likeness (QED) is 0.795. The second kappa shape index (κ2) is 7.31. The lowest BCUT2D eigenvalue weighted by molar-refractivity contribution is -0.121. The average Bonchev–Trinajstić information content (AvgIpc) is 3.13. The molecule has 0 saturated carbocycles. The van der Waals surface area contributed by atoms with Crippen LogP contribution in [0.4, 0.5) is 0 Å². The van der Waals surface area contributed by atoms with Crippen molar-refractivity contribution in [3.63, 3.8) is 0 Å². The Morgan fingerprint density at radius 1 is 1.44 bits per heavy atom. The molecule has 0 saturated heterocycles. The molecule has 25 heavy (non-hydrogen) atoms. The molecule has 2 aromatic heterocycles. The van der Waals surface area contributed by atoms with Crippen LogP contribution in [-0.2, 0) is 11.8 Å². The van der Waals surface area contributed by atoms with E-state index >= 15 is 0 Å². The van der Waals surface area contributed by atoms with Crippen molar-refractivity contribution in [1.29, 1.82) is 5.26 Å². The zero-order valence-electron chi connectivity index (χ0n) is 15.3. The molecule has 0 aromatic carbocycles. The minimum atomic E-state index is -0.898. The minimum Gasteiger partial charge on any atom is -0.469 e. The standard InChI is InChI=1S/C17H23N5O2S/c1-10(2)17(5,9-18)19-15(23)12(4)25-16-21-20-14(22(16)6)13-7-8-24-11(13)3/h7-8,10,12H,1-6H3,(H,19,23)/t12-,17+/m1/s1. The van der Waals surface area contributed by atoms with E-state index in [0.717, 1.165) is 11.3 Å². The number of amides is 1. The maximum Gasteiger partial charge on any atom is 0.234 e. The molecule has 0 bridgehead atoms. The number of nitrogens with one attached hydrogen (secondary N) is 1. The van der Waals surface area contributed by atoms with Crippen LogP contribution in [0.5, 0.6) is 0 Å². The van der Waals surface area contributed by atoms with Gasteiger partial charge in [-0.05, 0) is 32.8 Å². The van der Waals surface area contributed by atoms with Crippen LogP contribution in [0.3, 0.4) is 0 Å². The number of nitriles is 1.